The first-order valence-electron chi connectivity index (χ1n) is 7.19. The van der Waals surface area contributed by atoms with Crippen LogP contribution in [-0.2, 0) is 11.2 Å². The monoisotopic (exact) mass is 276 g/mol. The molecule has 0 spiro atoms. The molecule has 1 unspecified atom stereocenters. The van der Waals surface area contributed by atoms with Gasteiger partial charge in [-0.15, -0.1) is 0 Å². The van der Waals surface area contributed by atoms with Crippen molar-refractivity contribution in [3.05, 3.63) is 34.9 Å². The van der Waals surface area contributed by atoms with Crippen LogP contribution in [0.25, 0.3) is 0 Å². The first kappa shape index (κ1) is 15.0. The Morgan fingerprint density at radius 3 is 2.40 bits per heavy atom. The molecule has 20 heavy (non-hydrogen) atoms. The minimum atomic E-state index is -0.715. The summed E-state index contributed by atoms with van der Waals surface area (Å²) in [5, 5.41) is 9.52. The average molecular weight is 276 g/mol. The molecule has 1 saturated heterocycles. The van der Waals surface area contributed by atoms with Gasteiger partial charge < -0.3 is 10.0 Å². The lowest BCUT2D eigenvalue weighted by molar-refractivity contribution is -0.144. The largest absolute Gasteiger partial charge is 0.480 e. The van der Waals surface area contributed by atoms with Gasteiger partial charge in [-0.25, -0.2) is 0 Å². The summed E-state index contributed by atoms with van der Waals surface area (Å²) in [6.45, 7) is 7.70. The highest BCUT2D eigenvalue weighted by atomic mass is 16.4. The lowest BCUT2D eigenvalue weighted by Gasteiger charge is -2.36. The second-order valence-corrected chi connectivity index (χ2v) is 5.82. The number of carboxylic acids is 1. The fraction of sp³-hybridized carbons (Fsp3) is 0.562. The molecular formula is C16H24N2O2. The average Bonchev–Trinajstić information content (AvgIpc) is 2.41. The van der Waals surface area contributed by atoms with Crippen LogP contribution in [0.15, 0.2) is 18.2 Å². The van der Waals surface area contributed by atoms with Gasteiger partial charge in [-0.3, -0.25) is 9.69 Å². The van der Waals surface area contributed by atoms with E-state index in [1.165, 1.54) is 11.1 Å². The smallest absolute Gasteiger partial charge is 0.321 e. The number of piperazine rings is 1. The van der Waals surface area contributed by atoms with E-state index in [1.54, 1.807) is 0 Å². The van der Waals surface area contributed by atoms with Crippen LogP contribution in [0.4, 0.5) is 0 Å². The van der Waals surface area contributed by atoms with Gasteiger partial charge in [-0.1, -0.05) is 18.2 Å². The van der Waals surface area contributed by atoms with Gasteiger partial charge in [-0.05, 0) is 44.0 Å². The summed E-state index contributed by atoms with van der Waals surface area (Å²) >= 11 is 0. The Morgan fingerprint density at radius 1 is 1.20 bits per heavy atom. The number of rotatable bonds is 4. The molecule has 0 saturated carbocycles. The highest BCUT2D eigenvalue weighted by molar-refractivity contribution is 5.74. The van der Waals surface area contributed by atoms with Crippen LogP contribution < -0.4 is 0 Å². The molecule has 1 aliphatic rings. The second-order valence-electron chi connectivity index (χ2n) is 5.82. The number of likely N-dealkylation sites (N-methyl/N-ethyl adjacent to an activating group) is 1. The molecule has 1 atom stereocenters. The van der Waals surface area contributed by atoms with Crippen molar-refractivity contribution in [2.24, 2.45) is 0 Å². The quantitative estimate of drug-likeness (QED) is 0.906. The zero-order chi connectivity index (χ0) is 14.7. The van der Waals surface area contributed by atoms with Gasteiger partial charge >= 0.3 is 5.97 Å². The SMILES string of the molecule is Cc1ccc(CC(C(=O)O)N2CCN(C)CC2)cc1C. The number of benzene rings is 1. The van der Waals surface area contributed by atoms with Crippen LogP contribution >= 0.6 is 0 Å². The zero-order valence-corrected chi connectivity index (χ0v) is 12.6. The van der Waals surface area contributed by atoms with E-state index >= 15 is 0 Å². The molecule has 0 bridgehead atoms. The van der Waals surface area contributed by atoms with Crippen LogP contribution in [0, 0.1) is 13.8 Å². The highest BCUT2D eigenvalue weighted by Gasteiger charge is 2.28. The third-order valence-electron chi connectivity index (χ3n) is 4.26. The normalized spacial score (nSPS) is 18.9. The van der Waals surface area contributed by atoms with Crippen molar-refractivity contribution in [3.8, 4) is 0 Å². The topological polar surface area (TPSA) is 43.8 Å². The van der Waals surface area contributed by atoms with Gasteiger partial charge in [0.1, 0.15) is 6.04 Å². The van der Waals surface area contributed by atoms with E-state index in [2.05, 4.69) is 42.8 Å². The van der Waals surface area contributed by atoms with Crippen molar-refractivity contribution < 1.29 is 9.90 Å². The van der Waals surface area contributed by atoms with Crippen molar-refractivity contribution in [2.45, 2.75) is 26.3 Å². The highest BCUT2D eigenvalue weighted by Crippen LogP contribution is 2.15. The van der Waals surface area contributed by atoms with Gasteiger partial charge in [0.25, 0.3) is 0 Å². The standard InChI is InChI=1S/C16H24N2O2/c1-12-4-5-14(10-13(12)2)11-15(16(19)20)18-8-6-17(3)7-9-18/h4-5,10,15H,6-9,11H2,1-3H3,(H,19,20). The first-order valence-corrected chi connectivity index (χ1v) is 7.19. The maximum atomic E-state index is 11.6. The first-order chi connectivity index (χ1) is 9.47. The molecule has 1 N–H and O–H groups in total. The summed E-state index contributed by atoms with van der Waals surface area (Å²) in [7, 11) is 2.08. The van der Waals surface area contributed by atoms with Crippen molar-refractivity contribution in [1.82, 2.24) is 9.80 Å². The molecule has 1 fully saturated rings. The fourth-order valence-corrected chi connectivity index (χ4v) is 2.66. The molecular weight excluding hydrogens is 252 g/mol. The summed E-state index contributed by atoms with van der Waals surface area (Å²) in [6.07, 6.45) is 0.583. The molecule has 4 nitrogen and oxygen atoms in total. The third-order valence-corrected chi connectivity index (χ3v) is 4.26. The maximum Gasteiger partial charge on any atom is 0.321 e. The molecule has 0 radical (unpaired) electrons. The van der Waals surface area contributed by atoms with E-state index < -0.39 is 12.0 Å². The lowest BCUT2D eigenvalue weighted by atomic mass is 9.99. The predicted molar refractivity (Wildman–Crippen MR) is 80.1 cm³/mol. The second kappa shape index (κ2) is 6.37. The Kier molecular flexibility index (Phi) is 4.78. The minimum Gasteiger partial charge on any atom is -0.480 e. The molecule has 4 heteroatoms. The fourth-order valence-electron chi connectivity index (χ4n) is 2.66. The molecule has 1 aliphatic heterocycles. The van der Waals surface area contributed by atoms with Gasteiger partial charge in [0.2, 0.25) is 0 Å². The van der Waals surface area contributed by atoms with Gasteiger partial charge in [0.15, 0.2) is 0 Å². The van der Waals surface area contributed by atoms with E-state index in [1.807, 2.05) is 6.07 Å². The molecule has 2 rings (SSSR count). The number of carbonyl (C=O) groups is 1. The molecule has 0 amide bonds. The van der Waals surface area contributed by atoms with Gasteiger partial charge in [-0.2, -0.15) is 0 Å². The van der Waals surface area contributed by atoms with Gasteiger partial charge in [0, 0.05) is 26.2 Å². The van der Waals surface area contributed by atoms with E-state index in [9.17, 15) is 9.90 Å². The molecule has 1 aromatic carbocycles. The van der Waals surface area contributed by atoms with Crippen LogP contribution in [-0.4, -0.2) is 60.1 Å². The minimum absolute atomic E-state index is 0.411. The molecule has 0 aliphatic carbocycles. The number of carboxylic acid groups (broad SMARTS) is 1. The molecule has 1 heterocycles. The van der Waals surface area contributed by atoms with Crippen LogP contribution in [0.2, 0.25) is 0 Å². The summed E-state index contributed by atoms with van der Waals surface area (Å²) in [5.41, 5.74) is 3.59. The number of hydrogen-bond donors (Lipinski definition) is 1. The number of aliphatic carboxylic acids is 1. The maximum absolute atomic E-state index is 11.6. The van der Waals surface area contributed by atoms with Gasteiger partial charge in [0.05, 0.1) is 0 Å². The third kappa shape index (κ3) is 3.58. The Bertz CT molecular complexity index is 479. The van der Waals surface area contributed by atoms with Crippen molar-refractivity contribution >= 4 is 5.97 Å². The Balaban J connectivity index is 2.09. The molecule has 1 aromatic rings. The van der Waals surface area contributed by atoms with E-state index in [0.29, 0.717) is 6.42 Å². The lowest BCUT2D eigenvalue weighted by Crippen LogP contribution is -2.52. The zero-order valence-electron chi connectivity index (χ0n) is 12.6. The Labute approximate surface area is 121 Å². The number of hydrogen-bond acceptors (Lipinski definition) is 3. The molecule has 0 aromatic heterocycles. The Morgan fingerprint density at radius 2 is 1.85 bits per heavy atom. The molecule has 110 valence electrons. The summed E-state index contributed by atoms with van der Waals surface area (Å²) in [4.78, 5) is 15.9. The van der Waals surface area contributed by atoms with Crippen molar-refractivity contribution in [2.75, 3.05) is 33.2 Å². The van der Waals surface area contributed by atoms with E-state index in [-0.39, 0.29) is 0 Å². The predicted octanol–water partition coefficient (Wildman–Crippen LogP) is 1.55. The summed E-state index contributed by atoms with van der Waals surface area (Å²) in [6, 6.07) is 5.83. The Hall–Kier alpha value is -1.39. The summed E-state index contributed by atoms with van der Waals surface area (Å²) < 4.78 is 0. The van der Waals surface area contributed by atoms with Crippen molar-refractivity contribution in [3.63, 3.8) is 0 Å². The van der Waals surface area contributed by atoms with E-state index in [0.717, 1.165) is 31.7 Å². The van der Waals surface area contributed by atoms with Crippen LogP contribution in [0.5, 0.6) is 0 Å². The van der Waals surface area contributed by atoms with Crippen molar-refractivity contribution in [1.29, 1.82) is 0 Å². The van der Waals surface area contributed by atoms with Crippen LogP contribution in [0.1, 0.15) is 16.7 Å². The number of aryl methyl sites for hydroxylation is 2. The van der Waals surface area contributed by atoms with E-state index in [4.69, 9.17) is 0 Å². The summed E-state index contributed by atoms with van der Waals surface area (Å²) in [5.74, 6) is -0.715. The number of nitrogens with zero attached hydrogens (tertiary/aromatic N) is 2. The van der Waals surface area contributed by atoms with Crippen LogP contribution in [0.3, 0.4) is 0 Å².